The zero-order chi connectivity index (χ0) is 12.4. The summed E-state index contributed by atoms with van der Waals surface area (Å²) in [6.45, 7) is 5.21. The van der Waals surface area contributed by atoms with Crippen LogP contribution in [0, 0.1) is 5.41 Å². The maximum Gasteiger partial charge on any atom is 0.324 e. The molecule has 0 radical (unpaired) electrons. The third-order valence-electron chi connectivity index (χ3n) is 2.57. The Bertz CT molecular complexity index is 324. The van der Waals surface area contributed by atoms with Crippen LogP contribution in [-0.4, -0.2) is 22.6 Å². The van der Waals surface area contributed by atoms with Gasteiger partial charge in [0.15, 0.2) is 5.41 Å². The zero-order valence-electron chi connectivity index (χ0n) is 9.95. The first-order valence-corrected chi connectivity index (χ1v) is 5.40. The number of rotatable bonds is 2. The highest BCUT2D eigenvalue weighted by Gasteiger charge is 2.48. The van der Waals surface area contributed by atoms with Crippen molar-refractivity contribution < 1.29 is 19.4 Å². The minimum absolute atomic E-state index is 0.219. The predicted octanol–water partition coefficient (Wildman–Crippen LogP) is 2.14. The van der Waals surface area contributed by atoms with E-state index in [1.165, 1.54) is 0 Å². The van der Waals surface area contributed by atoms with Crippen LogP contribution in [-0.2, 0) is 14.3 Å². The third kappa shape index (κ3) is 2.62. The van der Waals surface area contributed by atoms with Crippen LogP contribution in [0.5, 0.6) is 0 Å². The van der Waals surface area contributed by atoms with Gasteiger partial charge in [0.2, 0.25) is 0 Å². The van der Waals surface area contributed by atoms with Crippen molar-refractivity contribution in [3.05, 3.63) is 12.2 Å². The van der Waals surface area contributed by atoms with Crippen LogP contribution >= 0.6 is 0 Å². The second-order valence-electron chi connectivity index (χ2n) is 5.10. The summed E-state index contributed by atoms with van der Waals surface area (Å²) in [5.74, 6) is -1.72. The summed E-state index contributed by atoms with van der Waals surface area (Å²) in [6.07, 6.45) is 4.77. The molecule has 1 N–H and O–H groups in total. The number of esters is 1. The Labute approximate surface area is 95.3 Å². The van der Waals surface area contributed by atoms with Gasteiger partial charge in [-0.05, 0) is 40.0 Å². The average Bonchev–Trinajstić information content (AvgIpc) is 2.16. The van der Waals surface area contributed by atoms with E-state index in [0.29, 0.717) is 12.8 Å². The number of ether oxygens (including phenoxy) is 1. The van der Waals surface area contributed by atoms with Gasteiger partial charge in [-0.2, -0.15) is 0 Å². The van der Waals surface area contributed by atoms with Crippen LogP contribution in [0.4, 0.5) is 0 Å². The topological polar surface area (TPSA) is 63.6 Å². The normalized spacial score (nSPS) is 25.2. The van der Waals surface area contributed by atoms with Gasteiger partial charge >= 0.3 is 11.9 Å². The Balaban J connectivity index is 2.90. The summed E-state index contributed by atoms with van der Waals surface area (Å²) in [7, 11) is 0. The van der Waals surface area contributed by atoms with Gasteiger partial charge in [0, 0.05) is 0 Å². The number of allylic oxidation sites excluding steroid dienone is 2. The molecule has 1 aliphatic rings. The Kier molecular flexibility index (Phi) is 3.41. The number of hydrogen-bond acceptors (Lipinski definition) is 3. The fourth-order valence-corrected chi connectivity index (χ4v) is 1.68. The number of carbonyl (C=O) groups is 2. The van der Waals surface area contributed by atoms with E-state index in [1.807, 2.05) is 6.08 Å². The second kappa shape index (κ2) is 4.28. The maximum atomic E-state index is 11.9. The summed E-state index contributed by atoms with van der Waals surface area (Å²) in [4.78, 5) is 23.2. The van der Waals surface area contributed by atoms with Crippen molar-refractivity contribution in [3.63, 3.8) is 0 Å². The highest BCUT2D eigenvalue weighted by molar-refractivity contribution is 5.99. The largest absolute Gasteiger partial charge is 0.480 e. The number of hydrogen-bond donors (Lipinski definition) is 1. The molecule has 0 aromatic carbocycles. The molecule has 0 aromatic heterocycles. The highest BCUT2D eigenvalue weighted by Crippen LogP contribution is 2.35. The molecule has 1 atom stereocenters. The number of aliphatic carboxylic acids is 1. The van der Waals surface area contributed by atoms with E-state index in [2.05, 4.69) is 0 Å². The van der Waals surface area contributed by atoms with E-state index >= 15 is 0 Å². The summed E-state index contributed by atoms with van der Waals surface area (Å²) in [5.41, 5.74) is -2.04. The van der Waals surface area contributed by atoms with Crippen molar-refractivity contribution in [3.8, 4) is 0 Å². The molecule has 0 unspecified atom stereocenters. The van der Waals surface area contributed by atoms with E-state index in [-0.39, 0.29) is 6.42 Å². The lowest BCUT2D eigenvalue weighted by atomic mass is 9.77. The lowest BCUT2D eigenvalue weighted by Crippen LogP contribution is -2.44. The summed E-state index contributed by atoms with van der Waals surface area (Å²) in [5, 5.41) is 9.22. The third-order valence-corrected chi connectivity index (χ3v) is 2.57. The van der Waals surface area contributed by atoms with Crippen LogP contribution in [0.1, 0.15) is 40.0 Å². The van der Waals surface area contributed by atoms with Crippen molar-refractivity contribution in [1.82, 2.24) is 0 Å². The van der Waals surface area contributed by atoms with Gasteiger partial charge in [0.05, 0.1) is 0 Å². The van der Waals surface area contributed by atoms with E-state index in [1.54, 1.807) is 26.8 Å². The van der Waals surface area contributed by atoms with E-state index in [0.717, 1.165) is 0 Å². The van der Waals surface area contributed by atoms with Crippen molar-refractivity contribution in [2.45, 2.75) is 45.6 Å². The summed E-state index contributed by atoms with van der Waals surface area (Å²) >= 11 is 0. The van der Waals surface area contributed by atoms with Gasteiger partial charge in [-0.15, -0.1) is 0 Å². The molecule has 0 aliphatic heterocycles. The lowest BCUT2D eigenvalue weighted by molar-refractivity contribution is -0.177. The molecular weight excluding hydrogens is 208 g/mol. The minimum Gasteiger partial charge on any atom is -0.480 e. The molecule has 0 spiro atoms. The smallest absolute Gasteiger partial charge is 0.324 e. The van der Waals surface area contributed by atoms with Crippen LogP contribution in [0.25, 0.3) is 0 Å². The maximum absolute atomic E-state index is 11.9. The van der Waals surface area contributed by atoms with Crippen molar-refractivity contribution in [1.29, 1.82) is 0 Å². The Hall–Kier alpha value is -1.32. The molecule has 0 bridgehead atoms. The van der Waals surface area contributed by atoms with Gasteiger partial charge < -0.3 is 9.84 Å². The fourth-order valence-electron chi connectivity index (χ4n) is 1.68. The quantitative estimate of drug-likeness (QED) is 0.445. The van der Waals surface area contributed by atoms with E-state index in [9.17, 15) is 14.7 Å². The molecule has 4 heteroatoms. The Morgan fingerprint density at radius 1 is 1.31 bits per heavy atom. The number of carbonyl (C=O) groups excluding carboxylic acids is 1. The minimum atomic E-state index is -1.39. The van der Waals surface area contributed by atoms with Crippen LogP contribution in [0.3, 0.4) is 0 Å². The SMILES string of the molecule is CC(C)(C)OC(=O)[C@]1(C(=O)O)CC=CCC1. The molecule has 0 fully saturated rings. The number of carboxylic acid groups (broad SMARTS) is 1. The van der Waals surface area contributed by atoms with Crippen molar-refractivity contribution >= 4 is 11.9 Å². The van der Waals surface area contributed by atoms with E-state index in [4.69, 9.17) is 4.74 Å². The lowest BCUT2D eigenvalue weighted by Gasteiger charge is -2.31. The fraction of sp³-hybridized carbons (Fsp3) is 0.667. The molecule has 16 heavy (non-hydrogen) atoms. The number of carboxylic acids is 1. The zero-order valence-corrected chi connectivity index (χ0v) is 9.95. The Morgan fingerprint density at radius 2 is 1.94 bits per heavy atom. The van der Waals surface area contributed by atoms with Gasteiger partial charge in [0.25, 0.3) is 0 Å². The first-order valence-electron chi connectivity index (χ1n) is 5.40. The average molecular weight is 226 g/mol. The molecule has 0 saturated heterocycles. The molecule has 4 nitrogen and oxygen atoms in total. The van der Waals surface area contributed by atoms with Crippen molar-refractivity contribution in [2.24, 2.45) is 5.41 Å². The molecular formula is C12H18O4. The second-order valence-corrected chi connectivity index (χ2v) is 5.10. The first-order chi connectivity index (χ1) is 7.28. The summed E-state index contributed by atoms with van der Waals surface area (Å²) in [6, 6.07) is 0. The highest BCUT2D eigenvalue weighted by atomic mass is 16.6. The Morgan fingerprint density at radius 3 is 2.31 bits per heavy atom. The molecule has 0 saturated carbocycles. The molecule has 90 valence electrons. The van der Waals surface area contributed by atoms with Crippen LogP contribution in [0.2, 0.25) is 0 Å². The van der Waals surface area contributed by atoms with Gasteiger partial charge in [-0.1, -0.05) is 12.2 Å². The monoisotopic (exact) mass is 226 g/mol. The molecule has 0 amide bonds. The summed E-state index contributed by atoms with van der Waals surface area (Å²) < 4.78 is 5.19. The molecule has 1 aliphatic carbocycles. The van der Waals surface area contributed by atoms with Gasteiger partial charge in [-0.25, -0.2) is 0 Å². The predicted molar refractivity (Wildman–Crippen MR) is 58.9 cm³/mol. The van der Waals surface area contributed by atoms with Crippen LogP contribution < -0.4 is 0 Å². The van der Waals surface area contributed by atoms with E-state index < -0.39 is 23.0 Å². The van der Waals surface area contributed by atoms with Gasteiger partial charge in [0.1, 0.15) is 5.60 Å². The van der Waals surface area contributed by atoms with Crippen LogP contribution in [0.15, 0.2) is 12.2 Å². The standard InChI is InChI=1S/C12H18O4/c1-11(2,3)16-10(15)12(9(13)14)7-5-4-6-8-12/h4-5H,6-8H2,1-3H3,(H,13,14)/t12-/m1/s1. The van der Waals surface area contributed by atoms with Gasteiger partial charge in [-0.3, -0.25) is 9.59 Å². The molecule has 1 rings (SSSR count). The molecule has 0 aromatic rings. The molecule has 0 heterocycles. The first kappa shape index (κ1) is 12.7. The van der Waals surface area contributed by atoms with Crippen molar-refractivity contribution in [2.75, 3.05) is 0 Å².